The highest BCUT2D eigenvalue weighted by molar-refractivity contribution is 5.79. The summed E-state index contributed by atoms with van der Waals surface area (Å²) in [7, 11) is 1.83. The van der Waals surface area contributed by atoms with Crippen LogP contribution in [0.15, 0.2) is 42.6 Å². The largest absolute Gasteiger partial charge is 0.493 e. The minimum atomic E-state index is 0.572. The fraction of sp³-hybridized carbons (Fsp3) is 0.200. The molecule has 0 aliphatic heterocycles. The van der Waals surface area contributed by atoms with Crippen molar-refractivity contribution in [2.75, 3.05) is 12.3 Å². The van der Waals surface area contributed by atoms with Crippen LogP contribution in [0, 0.1) is 0 Å². The highest BCUT2D eigenvalue weighted by Crippen LogP contribution is 2.19. The van der Waals surface area contributed by atoms with E-state index in [0.29, 0.717) is 12.4 Å². The lowest BCUT2D eigenvalue weighted by Gasteiger charge is -2.06. The second-order valence-electron chi connectivity index (χ2n) is 4.64. The Morgan fingerprint density at radius 3 is 2.95 bits per heavy atom. The van der Waals surface area contributed by atoms with Gasteiger partial charge in [0.1, 0.15) is 11.6 Å². The summed E-state index contributed by atoms with van der Waals surface area (Å²) in [6.45, 7) is 0.572. The van der Waals surface area contributed by atoms with Crippen LogP contribution in [0.25, 0.3) is 10.9 Å². The van der Waals surface area contributed by atoms with Gasteiger partial charge in [0.15, 0.2) is 0 Å². The molecule has 0 saturated heterocycles. The van der Waals surface area contributed by atoms with E-state index in [-0.39, 0.29) is 0 Å². The van der Waals surface area contributed by atoms with Gasteiger partial charge in [-0.1, -0.05) is 6.07 Å². The lowest BCUT2D eigenvalue weighted by atomic mass is 10.2. The predicted molar refractivity (Wildman–Crippen MR) is 78.6 cm³/mol. The number of benzene rings is 1. The van der Waals surface area contributed by atoms with Crippen molar-refractivity contribution >= 4 is 16.7 Å². The van der Waals surface area contributed by atoms with Gasteiger partial charge in [-0.05, 0) is 24.3 Å². The monoisotopic (exact) mass is 268 g/mol. The number of hydrogen-bond acceptors (Lipinski definition) is 4. The molecule has 2 heterocycles. The molecule has 0 unspecified atom stereocenters. The number of anilines is 1. The zero-order chi connectivity index (χ0) is 13.9. The predicted octanol–water partition coefficient (Wildman–Crippen LogP) is 2.17. The number of rotatable bonds is 4. The Labute approximate surface area is 117 Å². The van der Waals surface area contributed by atoms with Gasteiger partial charge in [-0.3, -0.25) is 9.67 Å². The molecule has 0 aliphatic carbocycles. The van der Waals surface area contributed by atoms with E-state index in [1.807, 2.05) is 43.4 Å². The maximum absolute atomic E-state index is 5.75. The Bertz CT molecular complexity index is 716. The molecule has 102 valence electrons. The van der Waals surface area contributed by atoms with Crippen LogP contribution in [0.4, 0.5) is 5.82 Å². The van der Waals surface area contributed by atoms with Crippen LogP contribution in [-0.2, 0) is 13.5 Å². The Morgan fingerprint density at radius 1 is 1.25 bits per heavy atom. The zero-order valence-electron chi connectivity index (χ0n) is 11.3. The third-order valence-corrected chi connectivity index (χ3v) is 3.17. The number of ether oxygens (including phenoxy) is 1. The highest BCUT2D eigenvalue weighted by Gasteiger charge is 2.03. The molecule has 5 heteroatoms. The van der Waals surface area contributed by atoms with Gasteiger partial charge in [0.25, 0.3) is 0 Å². The number of aromatic nitrogens is 3. The molecule has 0 radical (unpaired) electrons. The topological polar surface area (TPSA) is 66.0 Å². The second kappa shape index (κ2) is 5.21. The van der Waals surface area contributed by atoms with Gasteiger partial charge in [-0.2, -0.15) is 5.10 Å². The number of pyridine rings is 1. The van der Waals surface area contributed by atoms with Gasteiger partial charge in [0.2, 0.25) is 0 Å². The lowest BCUT2D eigenvalue weighted by molar-refractivity contribution is 0.320. The van der Waals surface area contributed by atoms with Crippen molar-refractivity contribution < 1.29 is 4.74 Å². The van der Waals surface area contributed by atoms with E-state index in [2.05, 4.69) is 10.1 Å². The van der Waals surface area contributed by atoms with E-state index in [9.17, 15) is 0 Å². The molecular formula is C15H16N4O. The van der Waals surface area contributed by atoms with Crippen LogP contribution in [0.1, 0.15) is 5.69 Å². The molecule has 2 aromatic heterocycles. The summed E-state index contributed by atoms with van der Waals surface area (Å²) in [5.74, 6) is 1.51. The molecule has 0 fully saturated rings. The summed E-state index contributed by atoms with van der Waals surface area (Å²) >= 11 is 0. The first-order chi connectivity index (χ1) is 9.72. The molecule has 0 aliphatic rings. The maximum Gasteiger partial charge on any atom is 0.121 e. The van der Waals surface area contributed by atoms with Crippen molar-refractivity contribution in [1.82, 2.24) is 14.8 Å². The molecule has 0 amide bonds. The normalized spacial score (nSPS) is 10.8. The third-order valence-electron chi connectivity index (χ3n) is 3.17. The molecule has 2 N–H and O–H groups in total. The summed E-state index contributed by atoms with van der Waals surface area (Å²) in [6, 6.07) is 11.7. The molecule has 0 saturated carbocycles. The van der Waals surface area contributed by atoms with Crippen LogP contribution in [0.2, 0.25) is 0 Å². The summed E-state index contributed by atoms with van der Waals surface area (Å²) in [5.41, 5.74) is 7.65. The van der Waals surface area contributed by atoms with Crippen LogP contribution in [0.5, 0.6) is 5.75 Å². The van der Waals surface area contributed by atoms with Crippen LogP contribution < -0.4 is 10.5 Å². The molecule has 0 bridgehead atoms. The van der Waals surface area contributed by atoms with Crippen molar-refractivity contribution in [3.05, 3.63) is 48.3 Å². The number of nitrogens with two attached hydrogens (primary N) is 1. The van der Waals surface area contributed by atoms with Crippen molar-refractivity contribution in [3.8, 4) is 5.75 Å². The van der Waals surface area contributed by atoms with Gasteiger partial charge in [0, 0.05) is 31.1 Å². The minimum absolute atomic E-state index is 0.572. The maximum atomic E-state index is 5.75. The van der Waals surface area contributed by atoms with Gasteiger partial charge >= 0.3 is 0 Å². The second-order valence-corrected chi connectivity index (χ2v) is 4.64. The molecule has 3 rings (SSSR count). The molecule has 0 spiro atoms. The smallest absolute Gasteiger partial charge is 0.121 e. The summed E-state index contributed by atoms with van der Waals surface area (Å²) in [4.78, 5) is 4.28. The first-order valence-corrected chi connectivity index (χ1v) is 6.48. The summed E-state index contributed by atoms with van der Waals surface area (Å²) in [6.07, 6.45) is 2.52. The minimum Gasteiger partial charge on any atom is -0.493 e. The van der Waals surface area contributed by atoms with Gasteiger partial charge in [-0.15, -0.1) is 0 Å². The van der Waals surface area contributed by atoms with Crippen LogP contribution >= 0.6 is 0 Å². The van der Waals surface area contributed by atoms with Crippen molar-refractivity contribution in [2.24, 2.45) is 7.05 Å². The highest BCUT2D eigenvalue weighted by atomic mass is 16.5. The first kappa shape index (κ1) is 12.5. The first-order valence-electron chi connectivity index (χ1n) is 6.48. The van der Waals surface area contributed by atoms with Crippen molar-refractivity contribution in [3.63, 3.8) is 0 Å². The van der Waals surface area contributed by atoms with Gasteiger partial charge in [0.05, 0.1) is 17.8 Å². The van der Waals surface area contributed by atoms with Crippen molar-refractivity contribution in [2.45, 2.75) is 6.42 Å². The Kier molecular flexibility index (Phi) is 3.25. The number of hydrogen-bond donors (Lipinski definition) is 1. The Balaban J connectivity index is 1.64. The number of nitrogens with zero attached hydrogens (tertiary/aromatic N) is 3. The number of nitrogen functional groups attached to an aromatic ring is 1. The zero-order valence-corrected chi connectivity index (χ0v) is 11.3. The molecule has 5 nitrogen and oxygen atoms in total. The fourth-order valence-electron chi connectivity index (χ4n) is 2.08. The summed E-state index contributed by atoms with van der Waals surface area (Å²) in [5, 5.41) is 5.37. The molecule has 1 aromatic carbocycles. The quantitative estimate of drug-likeness (QED) is 0.787. The van der Waals surface area contributed by atoms with Crippen LogP contribution in [-0.4, -0.2) is 21.4 Å². The molecular weight excluding hydrogens is 252 g/mol. The fourth-order valence-corrected chi connectivity index (χ4v) is 2.08. The van der Waals surface area contributed by atoms with Gasteiger partial charge in [-0.25, -0.2) is 0 Å². The van der Waals surface area contributed by atoms with E-state index < -0.39 is 0 Å². The number of aryl methyl sites for hydroxylation is 1. The average molecular weight is 268 g/mol. The van der Waals surface area contributed by atoms with E-state index in [1.165, 1.54) is 0 Å². The van der Waals surface area contributed by atoms with E-state index in [0.717, 1.165) is 28.8 Å². The van der Waals surface area contributed by atoms with Gasteiger partial charge < -0.3 is 10.5 Å². The standard InChI is InChI=1S/C15H16N4O/c1-19-15(16)10-12(18-19)6-8-20-13-4-5-14-11(9-13)3-2-7-17-14/h2-5,7,9-10H,6,8,16H2,1H3. The molecule has 3 aromatic rings. The Hall–Kier alpha value is -2.56. The van der Waals surface area contributed by atoms with E-state index in [1.54, 1.807) is 10.9 Å². The van der Waals surface area contributed by atoms with Crippen LogP contribution in [0.3, 0.4) is 0 Å². The van der Waals surface area contributed by atoms with E-state index >= 15 is 0 Å². The van der Waals surface area contributed by atoms with Crippen molar-refractivity contribution in [1.29, 1.82) is 0 Å². The lowest BCUT2D eigenvalue weighted by Crippen LogP contribution is -2.02. The molecule has 0 atom stereocenters. The SMILES string of the molecule is Cn1nc(CCOc2ccc3ncccc3c2)cc1N. The third kappa shape index (κ3) is 2.56. The average Bonchev–Trinajstić information content (AvgIpc) is 2.77. The number of fused-ring (bicyclic) bond motifs is 1. The molecule has 20 heavy (non-hydrogen) atoms. The Morgan fingerprint density at radius 2 is 2.15 bits per heavy atom. The van der Waals surface area contributed by atoms with E-state index in [4.69, 9.17) is 10.5 Å². The summed E-state index contributed by atoms with van der Waals surface area (Å²) < 4.78 is 7.41.